The van der Waals surface area contributed by atoms with Crippen molar-refractivity contribution in [1.29, 1.82) is 0 Å². The largest absolute Gasteiger partial charge is 0.462 e. The number of carbonyl (C=O) groups is 4. The van der Waals surface area contributed by atoms with Gasteiger partial charge < -0.3 is 15.4 Å². The third-order valence-electron chi connectivity index (χ3n) is 5.17. The van der Waals surface area contributed by atoms with Crippen molar-refractivity contribution in [3.63, 3.8) is 0 Å². The molecule has 0 aliphatic carbocycles. The number of anilines is 1. The first kappa shape index (κ1) is 21.4. The van der Waals surface area contributed by atoms with Crippen molar-refractivity contribution in [2.45, 2.75) is 65.0 Å². The Morgan fingerprint density at radius 3 is 2.38 bits per heavy atom. The SMILES string of the molecule is CCOC(=O)c1c(NC(=O)CN2C(=O)CCC2=O)sc2c1CC(C)(C)[NH2+]C2(C)C. The third-order valence-corrected chi connectivity index (χ3v) is 6.65. The van der Waals surface area contributed by atoms with Crippen LogP contribution in [0.1, 0.15) is 68.3 Å². The summed E-state index contributed by atoms with van der Waals surface area (Å²) < 4.78 is 5.27. The number of imide groups is 1. The second kappa shape index (κ2) is 7.53. The minimum atomic E-state index is -0.501. The van der Waals surface area contributed by atoms with Crippen LogP contribution in [-0.4, -0.2) is 47.3 Å². The highest BCUT2D eigenvalue weighted by atomic mass is 32.1. The number of likely N-dealkylation sites (tertiary alicyclic amines) is 1. The molecular weight excluding hydrogens is 394 g/mol. The maximum absolute atomic E-state index is 12.8. The summed E-state index contributed by atoms with van der Waals surface area (Å²) in [5, 5.41) is 5.44. The Hall–Kier alpha value is -2.26. The molecule has 0 spiro atoms. The molecule has 0 atom stereocenters. The standard InChI is InChI=1S/C20H27N3O5S/c1-6-28-18(27)15-11-9-19(2,3)22-20(4,5)16(11)29-17(15)21-12(24)10-23-13(25)7-8-14(23)26/h22H,6-10H2,1-5H3,(H,21,24)/p+1. The van der Waals surface area contributed by atoms with Gasteiger partial charge in [-0.1, -0.05) is 0 Å². The van der Waals surface area contributed by atoms with E-state index in [1.54, 1.807) is 6.92 Å². The van der Waals surface area contributed by atoms with Gasteiger partial charge in [0.05, 0.1) is 22.6 Å². The van der Waals surface area contributed by atoms with Crippen molar-refractivity contribution >= 4 is 40.0 Å². The normalized spacial score (nSPS) is 19.8. The zero-order chi connectivity index (χ0) is 21.6. The molecule has 3 heterocycles. The smallest absolute Gasteiger partial charge is 0.341 e. The number of amides is 3. The summed E-state index contributed by atoms with van der Waals surface area (Å²) in [7, 11) is 0. The van der Waals surface area contributed by atoms with Gasteiger partial charge in [0, 0.05) is 19.3 Å². The van der Waals surface area contributed by atoms with Crippen LogP contribution in [0, 0.1) is 0 Å². The number of quaternary nitrogens is 1. The van der Waals surface area contributed by atoms with Crippen LogP contribution in [0.25, 0.3) is 0 Å². The average Bonchev–Trinajstić information content (AvgIpc) is 3.08. The van der Waals surface area contributed by atoms with Gasteiger partial charge in [0.15, 0.2) is 0 Å². The third kappa shape index (κ3) is 4.20. The number of esters is 1. The average molecular weight is 423 g/mol. The summed E-state index contributed by atoms with van der Waals surface area (Å²) in [6.45, 7) is 10.0. The van der Waals surface area contributed by atoms with Crippen molar-refractivity contribution in [2.75, 3.05) is 18.5 Å². The fraction of sp³-hybridized carbons (Fsp3) is 0.600. The Labute approximate surface area is 174 Å². The quantitative estimate of drug-likeness (QED) is 0.546. The first-order valence-corrected chi connectivity index (χ1v) is 10.6. The van der Waals surface area contributed by atoms with E-state index >= 15 is 0 Å². The van der Waals surface area contributed by atoms with E-state index in [9.17, 15) is 19.2 Å². The zero-order valence-corrected chi connectivity index (χ0v) is 18.3. The first-order valence-electron chi connectivity index (χ1n) is 9.78. The van der Waals surface area contributed by atoms with E-state index in [4.69, 9.17) is 4.74 Å². The number of thiophene rings is 1. The van der Waals surface area contributed by atoms with Crippen molar-refractivity contribution in [2.24, 2.45) is 0 Å². The lowest BCUT2D eigenvalue weighted by atomic mass is 9.81. The number of nitrogens with two attached hydrogens (primary N) is 1. The van der Waals surface area contributed by atoms with E-state index in [0.717, 1.165) is 15.3 Å². The van der Waals surface area contributed by atoms with Gasteiger partial charge in [0.1, 0.15) is 17.1 Å². The van der Waals surface area contributed by atoms with Crippen LogP contribution in [-0.2, 0) is 31.1 Å². The molecule has 29 heavy (non-hydrogen) atoms. The highest BCUT2D eigenvalue weighted by Gasteiger charge is 2.45. The van der Waals surface area contributed by atoms with Crippen LogP contribution in [0.4, 0.5) is 5.00 Å². The van der Waals surface area contributed by atoms with Gasteiger partial charge in [-0.2, -0.15) is 0 Å². The van der Waals surface area contributed by atoms with Crippen LogP contribution in [0.2, 0.25) is 0 Å². The molecule has 8 nitrogen and oxygen atoms in total. The lowest BCUT2D eigenvalue weighted by Gasteiger charge is -2.38. The summed E-state index contributed by atoms with van der Waals surface area (Å²) in [5.74, 6) is -1.67. The highest BCUT2D eigenvalue weighted by molar-refractivity contribution is 7.17. The minimum Gasteiger partial charge on any atom is -0.462 e. The van der Waals surface area contributed by atoms with E-state index in [1.807, 2.05) is 0 Å². The maximum atomic E-state index is 12.8. The Bertz CT molecular complexity index is 871. The number of nitrogens with one attached hydrogen (secondary N) is 1. The Morgan fingerprint density at radius 2 is 1.79 bits per heavy atom. The van der Waals surface area contributed by atoms with Crippen LogP contribution in [0.5, 0.6) is 0 Å². The summed E-state index contributed by atoms with van der Waals surface area (Å²) in [6.07, 6.45) is 0.925. The Kier molecular flexibility index (Phi) is 5.57. The monoisotopic (exact) mass is 422 g/mol. The number of nitrogens with zero attached hydrogens (tertiary/aromatic N) is 1. The molecule has 2 aliphatic rings. The Balaban J connectivity index is 1.95. The molecule has 3 amide bonds. The molecule has 1 fully saturated rings. The van der Waals surface area contributed by atoms with Crippen LogP contribution in [0.15, 0.2) is 0 Å². The molecule has 9 heteroatoms. The molecule has 1 saturated heterocycles. The second-order valence-electron chi connectivity index (χ2n) is 8.79. The summed E-state index contributed by atoms with van der Waals surface area (Å²) in [5.41, 5.74) is 0.893. The van der Waals surface area contributed by atoms with E-state index in [2.05, 4.69) is 38.3 Å². The van der Waals surface area contributed by atoms with Crippen molar-refractivity contribution in [3.05, 3.63) is 16.0 Å². The molecule has 0 bridgehead atoms. The molecule has 3 N–H and O–H groups in total. The summed E-state index contributed by atoms with van der Waals surface area (Å²) in [6, 6.07) is 0. The molecule has 0 saturated carbocycles. The predicted molar refractivity (Wildman–Crippen MR) is 108 cm³/mol. The second-order valence-corrected chi connectivity index (χ2v) is 9.81. The summed E-state index contributed by atoms with van der Waals surface area (Å²) >= 11 is 1.36. The molecule has 3 rings (SSSR count). The molecule has 1 aromatic heterocycles. The molecule has 0 aromatic carbocycles. The number of hydrogen-bond donors (Lipinski definition) is 2. The van der Waals surface area contributed by atoms with Crippen LogP contribution in [0.3, 0.4) is 0 Å². The molecule has 2 aliphatic heterocycles. The highest BCUT2D eigenvalue weighted by Crippen LogP contribution is 2.42. The fourth-order valence-electron chi connectivity index (χ4n) is 4.32. The van der Waals surface area contributed by atoms with Crippen LogP contribution < -0.4 is 10.6 Å². The number of fused-ring (bicyclic) bond motifs is 1. The number of ether oxygens (including phenoxy) is 1. The van der Waals surface area contributed by atoms with Crippen molar-refractivity contribution in [1.82, 2.24) is 4.90 Å². The fourth-order valence-corrected chi connectivity index (χ4v) is 5.62. The molecule has 0 unspecified atom stereocenters. The van der Waals surface area contributed by atoms with E-state index in [-0.39, 0.29) is 48.9 Å². The maximum Gasteiger partial charge on any atom is 0.341 e. The molecule has 158 valence electrons. The van der Waals surface area contributed by atoms with E-state index in [1.165, 1.54) is 11.3 Å². The molecule has 0 radical (unpaired) electrons. The molecule has 1 aromatic rings. The first-order chi connectivity index (χ1) is 13.4. The lowest BCUT2D eigenvalue weighted by molar-refractivity contribution is -0.789. The van der Waals surface area contributed by atoms with E-state index < -0.39 is 11.9 Å². The molecular formula is C20H28N3O5S+. The number of rotatable bonds is 5. The van der Waals surface area contributed by atoms with Gasteiger partial charge in [-0.3, -0.25) is 19.3 Å². The van der Waals surface area contributed by atoms with Crippen LogP contribution >= 0.6 is 11.3 Å². The van der Waals surface area contributed by atoms with Gasteiger partial charge in [-0.05, 0) is 40.2 Å². The predicted octanol–water partition coefficient (Wildman–Crippen LogP) is 1.15. The van der Waals surface area contributed by atoms with Gasteiger partial charge in [-0.15, -0.1) is 11.3 Å². The van der Waals surface area contributed by atoms with Crippen molar-refractivity contribution < 1.29 is 29.2 Å². The topological polar surface area (TPSA) is 109 Å². The minimum absolute atomic E-state index is 0.117. The summed E-state index contributed by atoms with van der Waals surface area (Å²) in [4.78, 5) is 50.9. The van der Waals surface area contributed by atoms with Crippen molar-refractivity contribution in [3.8, 4) is 0 Å². The lowest BCUT2D eigenvalue weighted by Crippen LogP contribution is -3.03. The Morgan fingerprint density at radius 1 is 1.17 bits per heavy atom. The van der Waals surface area contributed by atoms with E-state index in [0.29, 0.717) is 17.0 Å². The van der Waals surface area contributed by atoms with Gasteiger partial charge in [0.25, 0.3) is 0 Å². The van der Waals surface area contributed by atoms with Gasteiger partial charge in [-0.25, -0.2) is 4.79 Å². The number of hydrogen-bond acceptors (Lipinski definition) is 6. The van der Waals surface area contributed by atoms with Gasteiger partial charge in [0.2, 0.25) is 17.7 Å². The zero-order valence-electron chi connectivity index (χ0n) is 17.5. The number of carbonyl (C=O) groups excluding carboxylic acids is 4. The van der Waals surface area contributed by atoms with Gasteiger partial charge >= 0.3 is 5.97 Å².